The lowest BCUT2D eigenvalue weighted by molar-refractivity contribution is 0.0693. The average Bonchev–Trinajstić information content (AvgIpc) is 2.84. The van der Waals surface area contributed by atoms with Crippen LogP contribution in [-0.2, 0) is 0 Å². The van der Waals surface area contributed by atoms with Crippen LogP contribution in [-0.4, -0.2) is 23.4 Å². The highest BCUT2D eigenvalue weighted by molar-refractivity contribution is 6.30. The molecule has 92 valence electrons. The molecule has 0 bridgehead atoms. The molecule has 1 aliphatic rings. The van der Waals surface area contributed by atoms with Crippen molar-refractivity contribution in [3.63, 3.8) is 0 Å². The molecular weight excluding hydrogens is 234 g/mol. The first-order valence-electron chi connectivity index (χ1n) is 6.29. The molecule has 1 aromatic rings. The number of rotatable bonds is 3. The smallest absolute Gasteiger partial charge is 0.254 e. The number of nitrogens with zero attached hydrogens (tertiary/aromatic N) is 1. The van der Waals surface area contributed by atoms with E-state index in [9.17, 15) is 4.79 Å². The quantitative estimate of drug-likeness (QED) is 0.801. The van der Waals surface area contributed by atoms with Crippen LogP contribution in [0.1, 0.15) is 43.0 Å². The molecule has 0 heterocycles. The van der Waals surface area contributed by atoms with E-state index in [1.165, 1.54) is 12.8 Å². The standard InChI is InChI=1S/C14H18ClNO/c1-2-16(13-5-3-4-6-13)14(17)11-7-9-12(15)10-8-11/h7-10,13H,2-6H2,1H3. The van der Waals surface area contributed by atoms with Crippen LogP contribution in [0.4, 0.5) is 0 Å². The van der Waals surface area contributed by atoms with Gasteiger partial charge in [0.25, 0.3) is 5.91 Å². The lowest BCUT2D eigenvalue weighted by atomic mass is 10.1. The average molecular weight is 252 g/mol. The Morgan fingerprint density at radius 1 is 1.29 bits per heavy atom. The van der Waals surface area contributed by atoms with Crippen molar-refractivity contribution in [2.24, 2.45) is 0 Å². The fraction of sp³-hybridized carbons (Fsp3) is 0.500. The summed E-state index contributed by atoms with van der Waals surface area (Å²) in [5.74, 6) is 0.135. The van der Waals surface area contributed by atoms with E-state index in [4.69, 9.17) is 11.6 Å². The lowest BCUT2D eigenvalue weighted by Crippen LogP contribution is -2.38. The molecule has 1 aliphatic carbocycles. The van der Waals surface area contributed by atoms with Gasteiger partial charge in [-0.3, -0.25) is 4.79 Å². The highest BCUT2D eigenvalue weighted by Gasteiger charge is 2.25. The predicted octanol–water partition coefficient (Wildman–Crippen LogP) is 3.74. The maximum atomic E-state index is 12.4. The van der Waals surface area contributed by atoms with Crippen molar-refractivity contribution in [2.45, 2.75) is 38.6 Å². The van der Waals surface area contributed by atoms with Crippen molar-refractivity contribution in [2.75, 3.05) is 6.54 Å². The number of hydrogen-bond acceptors (Lipinski definition) is 1. The Morgan fingerprint density at radius 3 is 2.41 bits per heavy atom. The van der Waals surface area contributed by atoms with Crippen LogP contribution in [0.2, 0.25) is 5.02 Å². The molecule has 0 radical (unpaired) electrons. The summed E-state index contributed by atoms with van der Waals surface area (Å²) >= 11 is 5.83. The molecule has 2 nitrogen and oxygen atoms in total. The summed E-state index contributed by atoms with van der Waals surface area (Å²) in [5.41, 5.74) is 0.739. The van der Waals surface area contributed by atoms with Gasteiger partial charge in [-0.1, -0.05) is 24.4 Å². The molecule has 1 aromatic carbocycles. The molecule has 1 saturated carbocycles. The minimum Gasteiger partial charge on any atom is -0.336 e. The van der Waals surface area contributed by atoms with Gasteiger partial charge in [-0.2, -0.15) is 0 Å². The number of carbonyl (C=O) groups excluding carboxylic acids is 1. The maximum absolute atomic E-state index is 12.4. The number of halogens is 1. The Morgan fingerprint density at radius 2 is 1.88 bits per heavy atom. The van der Waals surface area contributed by atoms with Crippen molar-refractivity contribution in [1.29, 1.82) is 0 Å². The van der Waals surface area contributed by atoms with Crippen molar-refractivity contribution in [1.82, 2.24) is 4.90 Å². The van der Waals surface area contributed by atoms with Crippen molar-refractivity contribution < 1.29 is 4.79 Å². The molecule has 2 rings (SSSR count). The van der Waals surface area contributed by atoms with Crippen LogP contribution >= 0.6 is 11.6 Å². The Balaban J connectivity index is 2.13. The van der Waals surface area contributed by atoms with Crippen LogP contribution in [0, 0.1) is 0 Å². The minimum absolute atomic E-state index is 0.135. The predicted molar refractivity (Wildman–Crippen MR) is 70.4 cm³/mol. The molecule has 0 N–H and O–H groups in total. The summed E-state index contributed by atoms with van der Waals surface area (Å²) < 4.78 is 0. The topological polar surface area (TPSA) is 20.3 Å². The molecule has 1 fully saturated rings. The van der Waals surface area contributed by atoms with E-state index >= 15 is 0 Å². The molecule has 0 aromatic heterocycles. The monoisotopic (exact) mass is 251 g/mol. The fourth-order valence-corrected chi connectivity index (χ4v) is 2.67. The molecule has 17 heavy (non-hydrogen) atoms. The number of amides is 1. The zero-order valence-corrected chi connectivity index (χ0v) is 10.9. The number of hydrogen-bond donors (Lipinski definition) is 0. The third-order valence-electron chi connectivity index (χ3n) is 3.46. The molecule has 0 atom stereocenters. The van der Waals surface area contributed by atoms with Gasteiger partial charge in [-0.15, -0.1) is 0 Å². The second kappa shape index (κ2) is 5.54. The normalized spacial score (nSPS) is 16.1. The van der Waals surface area contributed by atoms with Gasteiger partial charge >= 0.3 is 0 Å². The summed E-state index contributed by atoms with van der Waals surface area (Å²) in [6.07, 6.45) is 4.78. The zero-order valence-electron chi connectivity index (χ0n) is 10.2. The third kappa shape index (κ3) is 2.81. The van der Waals surface area contributed by atoms with Gasteiger partial charge in [0.2, 0.25) is 0 Å². The number of benzene rings is 1. The van der Waals surface area contributed by atoms with Gasteiger partial charge < -0.3 is 4.90 Å². The summed E-state index contributed by atoms with van der Waals surface area (Å²) in [6, 6.07) is 7.60. The SMILES string of the molecule is CCN(C(=O)c1ccc(Cl)cc1)C1CCCC1. The Labute approximate surface area is 108 Å². The van der Waals surface area contributed by atoms with Gasteiger partial charge in [0, 0.05) is 23.2 Å². The molecule has 0 aliphatic heterocycles. The zero-order chi connectivity index (χ0) is 12.3. The third-order valence-corrected chi connectivity index (χ3v) is 3.71. The van der Waals surface area contributed by atoms with Gasteiger partial charge in [-0.05, 0) is 44.0 Å². The first-order chi connectivity index (χ1) is 8.22. The van der Waals surface area contributed by atoms with Crippen molar-refractivity contribution >= 4 is 17.5 Å². The van der Waals surface area contributed by atoms with E-state index in [-0.39, 0.29) is 5.91 Å². The Hall–Kier alpha value is -1.02. The highest BCUT2D eigenvalue weighted by atomic mass is 35.5. The van der Waals surface area contributed by atoms with E-state index in [2.05, 4.69) is 0 Å². The van der Waals surface area contributed by atoms with Gasteiger partial charge in [0.05, 0.1) is 0 Å². The molecule has 0 unspecified atom stereocenters. The summed E-state index contributed by atoms with van der Waals surface area (Å²) in [4.78, 5) is 14.4. The first kappa shape index (κ1) is 12.4. The summed E-state index contributed by atoms with van der Waals surface area (Å²) in [7, 11) is 0. The van der Waals surface area contributed by atoms with E-state index in [0.717, 1.165) is 24.9 Å². The highest BCUT2D eigenvalue weighted by Crippen LogP contribution is 2.25. The second-order valence-electron chi connectivity index (χ2n) is 4.54. The first-order valence-corrected chi connectivity index (χ1v) is 6.66. The molecule has 1 amide bonds. The number of carbonyl (C=O) groups is 1. The molecule has 0 spiro atoms. The van der Waals surface area contributed by atoms with E-state index in [1.54, 1.807) is 12.1 Å². The molecule has 0 saturated heterocycles. The Bertz CT molecular complexity index is 382. The van der Waals surface area contributed by atoms with E-state index in [0.29, 0.717) is 11.1 Å². The summed E-state index contributed by atoms with van der Waals surface area (Å²) in [6.45, 7) is 2.83. The van der Waals surface area contributed by atoms with E-state index < -0.39 is 0 Å². The van der Waals surface area contributed by atoms with Crippen molar-refractivity contribution in [3.05, 3.63) is 34.9 Å². The van der Waals surface area contributed by atoms with Gasteiger partial charge in [0.1, 0.15) is 0 Å². The van der Waals surface area contributed by atoms with Crippen LogP contribution < -0.4 is 0 Å². The lowest BCUT2D eigenvalue weighted by Gasteiger charge is -2.27. The largest absolute Gasteiger partial charge is 0.336 e. The minimum atomic E-state index is 0.135. The molecular formula is C14H18ClNO. The fourth-order valence-electron chi connectivity index (χ4n) is 2.54. The van der Waals surface area contributed by atoms with E-state index in [1.807, 2.05) is 24.0 Å². The van der Waals surface area contributed by atoms with Crippen molar-refractivity contribution in [3.8, 4) is 0 Å². The van der Waals surface area contributed by atoms with Crippen LogP contribution in [0.25, 0.3) is 0 Å². The van der Waals surface area contributed by atoms with Gasteiger partial charge in [-0.25, -0.2) is 0 Å². The summed E-state index contributed by atoms with van der Waals surface area (Å²) in [5, 5.41) is 0.672. The van der Waals surface area contributed by atoms with Gasteiger partial charge in [0.15, 0.2) is 0 Å². The Kier molecular flexibility index (Phi) is 4.06. The second-order valence-corrected chi connectivity index (χ2v) is 4.97. The van der Waals surface area contributed by atoms with Crippen LogP contribution in [0.15, 0.2) is 24.3 Å². The van der Waals surface area contributed by atoms with Crippen LogP contribution in [0.5, 0.6) is 0 Å². The maximum Gasteiger partial charge on any atom is 0.254 e. The molecule has 3 heteroatoms. The van der Waals surface area contributed by atoms with Crippen LogP contribution in [0.3, 0.4) is 0 Å².